The molecule has 0 saturated carbocycles. The lowest BCUT2D eigenvalue weighted by molar-refractivity contribution is -0.122. The van der Waals surface area contributed by atoms with Gasteiger partial charge in [-0.25, -0.2) is 0 Å². The lowest BCUT2D eigenvalue weighted by Gasteiger charge is -2.20. The largest absolute Gasteiger partial charge is 0.300 e. The molecule has 0 aliphatic heterocycles. The highest BCUT2D eigenvalue weighted by atomic mass is 16.1. The van der Waals surface area contributed by atoms with Gasteiger partial charge in [0.1, 0.15) is 5.78 Å². The number of Topliss-reactive ketones (excluding diaryl/α,β-unsaturated/α-hetero) is 1. The van der Waals surface area contributed by atoms with Crippen molar-refractivity contribution in [3.63, 3.8) is 0 Å². The molecule has 0 N–H and O–H groups in total. The van der Waals surface area contributed by atoms with Gasteiger partial charge in [0.25, 0.3) is 0 Å². The highest BCUT2D eigenvalue weighted by Gasteiger charge is 2.18. The molecule has 2 atom stereocenters. The summed E-state index contributed by atoms with van der Waals surface area (Å²) in [5.41, 5.74) is 0. The zero-order valence-corrected chi connectivity index (χ0v) is 12.8. The molecule has 0 saturated heterocycles. The number of hydrogen-bond acceptors (Lipinski definition) is 1. The molecule has 0 aromatic carbocycles. The average molecular weight is 240 g/mol. The Kier molecular flexibility index (Phi) is 8.55. The summed E-state index contributed by atoms with van der Waals surface area (Å²) in [5, 5.41) is 0. The van der Waals surface area contributed by atoms with Gasteiger partial charge in [-0.15, -0.1) is 0 Å². The molecule has 0 aromatic heterocycles. The second kappa shape index (κ2) is 8.72. The van der Waals surface area contributed by atoms with E-state index in [9.17, 15) is 4.79 Å². The number of carbonyl (C=O) groups excluding carboxylic acids is 1. The fourth-order valence-electron chi connectivity index (χ4n) is 2.49. The predicted molar refractivity (Wildman–Crippen MR) is 76.1 cm³/mol. The molecule has 0 heterocycles. The molecule has 0 aliphatic rings. The Hall–Kier alpha value is -0.330. The van der Waals surface area contributed by atoms with Crippen LogP contribution in [0.1, 0.15) is 73.6 Å². The molecule has 0 rings (SSSR count). The van der Waals surface area contributed by atoms with E-state index in [1.54, 1.807) is 6.92 Å². The molecule has 0 fully saturated rings. The Balaban J connectivity index is 3.81. The zero-order valence-electron chi connectivity index (χ0n) is 12.8. The van der Waals surface area contributed by atoms with Gasteiger partial charge < -0.3 is 0 Å². The number of rotatable bonds is 9. The van der Waals surface area contributed by atoms with E-state index in [0.717, 1.165) is 18.3 Å². The maximum atomic E-state index is 11.5. The van der Waals surface area contributed by atoms with Gasteiger partial charge in [0.2, 0.25) is 0 Å². The predicted octanol–water partition coefficient (Wildman–Crippen LogP) is 5.09. The number of hydrogen-bond donors (Lipinski definition) is 0. The molecule has 0 amide bonds. The van der Waals surface area contributed by atoms with Crippen LogP contribution in [0.5, 0.6) is 0 Å². The first-order valence-corrected chi connectivity index (χ1v) is 7.35. The van der Waals surface area contributed by atoms with E-state index in [2.05, 4.69) is 34.6 Å². The summed E-state index contributed by atoms with van der Waals surface area (Å²) in [7, 11) is 0. The van der Waals surface area contributed by atoms with Crippen molar-refractivity contribution in [3.05, 3.63) is 0 Å². The van der Waals surface area contributed by atoms with E-state index in [1.807, 2.05) is 0 Å². The third-order valence-corrected chi connectivity index (χ3v) is 3.78. The molecule has 102 valence electrons. The maximum Gasteiger partial charge on any atom is 0.133 e. The van der Waals surface area contributed by atoms with Crippen molar-refractivity contribution >= 4 is 5.78 Å². The summed E-state index contributed by atoms with van der Waals surface area (Å²) in [6, 6.07) is 0. The van der Waals surface area contributed by atoms with E-state index in [1.165, 1.54) is 25.7 Å². The average Bonchev–Trinajstić information content (AvgIpc) is 2.15. The molecule has 1 nitrogen and oxygen atoms in total. The van der Waals surface area contributed by atoms with Gasteiger partial charge in [0, 0.05) is 5.92 Å². The maximum absolute atomic E-state index is 11.5. The van der Waals surface area contributed by atoms with Crippen LogP contribution in [0.4, 0.5) is 0 Å². The van der Waals surface area contributed by atoms with E-state index in [-0.39, 0.29) is 5.92 Å². The van der Waals surface area contributed by atoms with Gasteiger partial charge in [-0.3, -0.25) is 4.79 Å². The third-order valence-electron chi connectivity index (χ3n) is 3.78. The quantitative estimate of drug-likeness (QED) is 0.548. The van der Waals surface area contributed by atoms with Crippen molar-refractivity contribution < 1.29 is 4.79 Å². The lowest BCUT2D eigenvalue weighted by Crippen LogP contribution is -2.18. The summed E-state index contributed by atoms with van der Waals surface area (Å²) in [6.07, 6.45) is 6.28. The van der Waals surface area contributed by atoms with Crippen LogP contribution in [0.25, 0.3) is 0 Å². The van der Waals surface area contributed by atoms with Gasteiger partial charge >= 0.3 is 0 Å². The number of carbonyl (C=O) groups is 1. The first kappa shape index (κ1) is 16.7. The third kappa shape index (κ3) is 8.40. The topological polar surface area (TPSA) is 17.1 Å². The molecule has 2 unspecified atom stereocenters. The van der Waals surface area contributed by atoms with Crippen molar-refractivity contribution in [1.82, 2.24) is 0 Å². The molecule has 0 aliphatic carbocycles. The van der Waals surface area contributed by atoms with Crippen molar-refractivity contribution in [3.8, 4) is 0 Å². The lowest BCUT2D eigenvalue weighted by atomic mass is 9.84. The second-order valence-electron chi connectivity index (χ2n) is 6.47. The van der Waals surface area contributed by atoms with E-state index < -0.39 is 0 Å². The summed E-state index contributed by atoms with van der Waals surface area (Å²) in [5.74, 6) is 2.74. The summed E-state index contributed by atoms with van der Waals surface area (Å²) < 4.78 is 0. The van der Waals surface area contributed by atoms with Crippen LogP contribution in [-0.4, -0.2) is 5.78 Å². The van der Waals surface area contributed by atoms with E-state index in [4.69, 9.17) is 0 Å². The van der Waals surface area contributed by atoms with Crippen LogP contribution in [0.2, 0.25) is 0 Å². The monoisotopic (exact) mass is 240 g/mol. The summed E-state index contributed by atoms with van der Waals surface area (Å²) in [4.78, 5) is 11.5. The van der Waals surface area contributed by atoms with Gasteiger partial charge in [-0.05, 0) is 31.1 Å². The fourth-order valence-corrected chi connectivity index (χ4v) is 2.49. The molecule has 0 aromatic rings. The molecular weight excluding hydrogens is 208 g/mol. The van der Waals surface area contributed by atoms with Crippen molar-refractivity contribution in [2.75, 3.05) is 0 Å². The summed E-state index contributed by atoms with van der Waals surface area (Å²) in [6.45, 7) is 13.0. The minimum absolute atomic E-state index is 0.280. The molecule has 17 heavy (non-hydrogen) atoms. The molecule has 0 bridgehead atoms. The highest BCUT2D eigenvalue weighted by molar-refractivity contribution is 5.78. The van der Waals surface area contributed by atoms with Crippen molar-refractivity contribution in [1.29, 1.82) is 0 Å². The molecular formula is C16H32O. The van der Waals surface area contributed by atoms with Crippen LogP contribution in [0, 0.1) is 23.7 Å². The first-order valence-electron chi connectivity index (χ1n) is 7.35. The smallest absolute Gasteiger partial charge is 0.133 e. The van der Waals surface area contributed by atoms with Crippen LogP contribution in [0.15, 0.2) is 0 Å². The molecule has 0 radical (unpaired) electrons. The van der Waals surface area contributed by atoms with Gasteiger partial charge in [0.05, 0.1) is 0 Å². The van der Waals surface area contributed by atoms with Crippen LogP contribution in [-0.2, 0) is 4.79 Å². The Morgan fingerprint density at radius 1 is 0.882 bits per heavy atom. The van der Waals surface area contributed by atoms with Gasteiger partial charge in [-0.1, -0.05) is 60.3 Å². The number of ketones is 1. The Bertz CT molecular complexity index is 206. The Morgan fingerprint density at radius 3 is 1.88 bits per heavy atom. The minimum Gasteiger partial charge on any atom is -0.300 e. The Labute approximate surface area is 108 Å². The molecule has 1 heteroatoms. The van der Waals surface area contributed by atoms with Crippen molar-refractivity contribution in [2.45, 2.75) is 73.6 Å². The van der Waals surface area contributed by atoms with E-state index >= 15 is 0 Å². The minimum atomic E-state index is 0.280. The van der Waals surface area contributed by atoms with Gasteiger partial charge in [-0.2, -0.15) is 0 Å². The normalized spacial score (nSPS) is 15.3. The van der Waals surface area contributed by atoms with Crippen LogP contribution in [0.3, 0.4) is 0 Å². The standard InChI is InChI=1S/C16H32O/c1-12(2)8-7-9-14(5)10-11-16(13(3)4)15(6)17/h12-14,16H,7-11H2,1-6H3. The van der Waals surface area contributed by atoms with Crippen molar-refractivity contribution in [2.24, 2.45) is 23.7 Å². The van der Waals surface area contributed by atoms with Crippen LogP contribution < -0.4 is 0 Å². The Morgan fingerprint density at radius 2 is 1.47 bits per heavy atom. The SMILES string of the molecule is CC(=O)C(CCC(C)CCCC(C)C)C(C)C. The molecule has 0 spiro atoms. The van der Waals surface area contributed by atoms with E-state index in [0.29, 0.717) is 11.7 Å². The van der Waals surface area contributed by atoms with Crippen LogP contribution >= 0.6 is 0 Å². The highest BCUT2D eigenvalue weighted by Crippen LogP contribution is 2.23. The second-order valence-corrected chi connectivity index (χ2v) is 6.47. The fraction of sp³-hybridized carbons (Fsp3) is 0.938. The zero-order chi connectivity index (χ0) is 13.4. The summed E-state index contributed by atoms with van der Waals surface area (Å²) >= 11 is 0. The van der Waals surface area contributed by atoms with Gasteiger partial charge in [0.15, 0.2) is 0 Å². The first-order chi connectivity index (χ1) is 7.84.